The number of nitrogens with one attached hydrogen (secondary N) is 1. The Balaban J connectivity index is 1.49. The molecule has 4 heterocycles. The predicted molar refractivity (Wildman–Crippen MR) is 95.5 cm³/mol. The Hall–Kier alpha value is -2.15. The van der Waals surface area contributed by atoms with Crippen molar-refractivity contribution < 1.29 is 4.79 Å². The number of carbonyl (C=O) groups excluding carboxylic acids is 1. The van der Waals surface area contributed by atoms with Crippen LogP contribution in [0.25, 0.3) is 0 Å². The Bertz CT molecular complexity index is 750. The lowest BCUT2D eigenvalue weighted by Gasteiger charge is -2.41. The first-order chi connectivity index (χ1) is 12.1. The maximum absolute atomic E-state index is 13.1. The predicted octanol–water partition coefficient (Wildman–Crippen LogP) is 1.83. The Morgan fingerprint density at radius 3 is 2.80 bits per heavy atom. The summed E-state index contributed by atoms with van der Waals surface area (Å²) < 4.78 is 1.75. The van der Waals surface area contributed by atoms with Crippen LogP contribution in [0.4, 0.5) is 5.69 Å². The van der Waals surface area contributed by atoms with Gasteiger partial charge in [0.1, 0.15) is 0 Å². The van der Waals surface area contributed by atoms with Gasteiger partial charge in [0, 0.05) is 37.9 Å². The minimum absolute atomic E-state index is 0.0169. The van der Waals surface area contributed by atoms with Gasteiger partial charge in [0.05, 0.1) is 23.6 Å². The highest BCUT2D eigenvalue weighted by molar-refractivity contribution is 5.97. The second kappa shape index (κ2) is 6.63. The molecule has 0 spiro atoms. The summed E-state index contributed by atoms with van der Waals surface area (Å²) in [6.45, 7) is 4.74. The molecule has 2 aromatic heterocycles. The van der Waals surface area contributed by atoms with Crippen LogP contribution in [-0.2, 0) is 11.8 Å². The van der Waals surface area contributed by atoms with Crippen molar-refractivity contribution in [2.24, 2.45) is 7.05 Å². The van der Waals surface area contributed by atoms with Crippen molar-refractivity contribution in [3.05, 3.63) is 29.8 Å². The zero-order valence-electron chi connectivity index (χ0n) is 15.0. The normalized spacial score (nSPS) is 25.5. The molecular formula is C18H26N6O. The quantitative estimate of drug-likeness (QED) is 0.924. The number of piperidine rings is 2. The van der Waals surface area contributed by atoms with Gasteiger partial charge in [-0.15, -0.1) is 0 Å². The fourth-order valence-corrected chi connectivity index (χ4v) is 4.18. The number of likely N-dealkylation sites (tertiary alicyclic amines) is 1. The van der Waals surface area contributed by atoms with Crippen molar-refractivity contribution >= 4 is 11.6 Å². The van der Waals surface area contributed by atoms with Crippen LogP contribution in [0.15, 0.2) is 18.5 Å². The molecule has 4 rings (SSSR count). The average molecular weight is 342 g/mol. The van der Waals surface area contributed by atoms with E-state index in [2.05, 4.69) is 26.3 Å². The van der Waals surface area contributed by atoms with Crippen molar-refractivity contribution in [1.82, 2.24) is 24.9 Å². The van der Waals surface area contributed by atoms with E-state index in [0.717, 1.165) is 62.4 Å². The van der Waals surface area contributed by atoms with Crippen molar-refractivity contribution in [3.63, 3.8) is 0 Å². The molecule has 7 nitrogen and oxygen atoms in total. The van der Waals surface area contributed by atoms with Gasteiger partial charge in [0.25, 0.3) is 0 Å². The molecule has 134 valence electrons. The van der Waals surface area contributed by atoms with Gasteiger partial charge in [0.2, 0.25) is 5.91 Å². The first-order valence-corrected chi connectivity index (χ1v) is 9.18. The third-order valence-electron chi connectivity index (χ3n) is 5.45. The number of aromatic amines is 1. The summed E-state index contributed by atoms with van der Waals surface area (Å²) in [5.74, 6) is 0.637. The number of anilines is 1. The van der Waals surface area contributed by atoms with E-state index >= 15 is 0 Å². The molecule has 2 atom stereocenters. The van der Waals surface area contributed by atoms with E-state index in [1.807, 2.05) is 25.1 Å². The van der Waals surface area contributed by atoms with Gasteiger partial charge in [-0.05, 0) is 45.2 Å². The van der Waals surface area contributed by atoms with E-state index in [9.17, 15) is 4.79 Å². The van der Waals surface area contributed by atoms with Gasteiger partial charge in [0.15, 0.2) is 0 Å². The van der Waals surface area contributed by atoms with Gasteiger partial charge in [-0.25, -0.2) is 0 Å². The fraction of sp³-hybridized carbons (Fsp3) is 0.611. The van der Waals surface area contributed by atoms with Crippen LogP contribution in [0, 0.1) is 6.92 Å². The molecule has 0 saturated carbocycles. The highest BCUT2D eigenvalue weighted by Gasteiger charge is 2.37. The van der Waals surface area contributed by atoms with Crippen LogP contribution in [-0.4, -0.2) is 56.5 Å². The first kappa shape index (κ1) is 16.3. The third-order valence-corrected chi connectivity index (χ3v) is 5.45. The van der Waals surface area contributed by atoms with Crippen LogP contribution >= 0.6 is 0 Å². The van der Waals surface area contributed by atoms with E-state index in [4.69, 9.17) is 0 Å². The summed E-state index contributed by atoms with van der Waals surface area (Å²) in [4.78, 5) is 17.4. The van der Waals surface area contributed by atoms with Gasteiger partial charge in [-0.1, -0.05) is 0 Å². The first-order valence-electron chi connectivity index (χ1n) is 9.18. The lowest BCUT2D eigenvalue weighted by atomic mass is 9.91. The molecule has 0 aliphatic carbocycles. The smallest absolute Gasteiger partial charge is 0.244 e. The molecule has 0 bridgehead atoms. The van der Waals surface area contributed by atoms with Crippen LogP contribution < -0.4 is 4.90 Å². The van der Waals surface area contributed by atoms with Crippen molar-refractivity contribution in [1.29, 1.82) is 0 Å². The Morgan fingerprint density at radius 1 is 1.24 bits per heavy atom. The molecule has 0 unspecified atom stereocenters. The second-order valence-corrected chi connectivity index (χ2v) is 7.33. The molecule has 1 amide bonds. The Morgan fingerprint density at radius 2 is 2.08 bits per heavy atom. The molecule has 0 radical (unpaired) electrons. The van der Waals surface area contributed by atoms with Gasteiger partial charge in [-0.3, -0.25) is 19.5 Å². The minimum atomic E-state index is -0.0169. The number of hydrogen-bond acceptors (Lipinski definition) is 4. The third kappa shape index (κ3) is 3.20. The van der Waals surface area contributed by atoms with E-state index in [1.54, 1.807) is 10.9 Å². The fourth-order valence-electron chi connectivity index (χ4n) is 4.18. The molecule has 2 aromatic rings. The van der Waals surface area contributed by atoms with Crippen molar-refractivity contribution in [2.75, 3.05) is 24.5 Å². The van der Waals surface area contributed by atoms with Crippen LogP contribution in [0.2, 0.25) is 0 Å². The number of hydrogen-bond donors (Lipinski definition) is 1. The number of carbonyl (C=O) groups is 1. The zero-order valence-corrected chi connectivity index (χ0v) is 15.0. The lowest BCUT2D eigenvalue weighted by molar-refractivity contribution is -0.125. The molecule has 2 aliphatic rings. The molecule has 2 saturated heterocycles. The number of nitrogens with zero attached hydrogens (tertiary/aromatic N) is 5. The monoisotopic (exact) mass is 342 g/mol. The number of aryl methyl sites for hydroxylation is 2. The van der Waals surface area contributed by atoms with Crippen LogP contribution in [0.5, 0.6) is 0 Å². The molecule has 2 fully saturated rings. The summed E-state index contributed by atoms with van der Waals surface area (Å²) in [7, 11) is 1.89. The van der Waals surface area contributed by atoms with E-state index < -0.39 is 0 Å². The maximum atomic E-state index is 13.1. The number of H-pyrrole nitrogens is 1. The van der Waals surface area contributed by atoms with Crippen molar-refractivity contribution in [2.45, 2.75) is 44.6 Å². The molecule has 7 heteroatoms. The molecule has 25 heavy (non-hydrogen) atoms. The number of rotatable bonds is 3. The largest absolute Gasteiger partial charge is 0.308 e. The molecule has 2 aliphatic heterocycles. The number of amides is 1. The SMILES string of the molecule is Cc1cc([C@H]2CCCN([C@@H]3CCCN(c4cnn(C)c4)C3=O)C2)n[nH]1. The van der Waals surface area contributed by atoms with E-state index in [1.165, 1.54) is 0 Å². The molecule has 0 aromatic carbocycles. The van der Waals surface area contributed by atoms with Gasteiger partial charge < -0.3 is 4.90 Å². The summed E-state index contributed by atoms with van der Waals surface area (Å²) in [5, 5.41) is 11.7. The van der Waals surface area contributed by atoms with E-state index in [-0.39, 0.29) is 11.9 Å². The maximum Gasteiger partial charge on any atom is 0.244 e. The van der Waals surface area contributed by atoms with Gasteiger partial charge >= 0.3 is 0 Å². The molecule has 1 N–H and O–H groups in total. The highest BCUT2D eigenvalue weighted by atomic mass is 16.2. The Labute approximate surface area is 148 Å². The Kier molecular flexibility index (Phi) is 4.33. The highest BCUT2D eigenvalue weighted by Crippen LogP contribution is 2.30. The van der Waals surface area contributed by atoms with Crippen LogP contribution in [0.1, 0.15) is 43.0 Å². The van der Waals surface area contributed by atoms with E-state index in [0.29, 0.717) is 5.92 Å². The zero-order chi connectivity index (χ0) is 17.4. The summed E-state index contributed by atoms with van der Waals surface area (Å²) in [5.41, 5.74) is 3.15. The lowest BCUT2D eigenvalue weighted by Crippen LogP contribution is -2.54. The summed E-state index contributed by atoms with van der Waals surface area (Å²) in [6, 6.07) is 2.12. The number of aromatic nitrogens is 4. The van der Waals surface area contributed by atoms with Crippen LogP contribution in [0.3, 0.4) is 0 Å². The standard InChI is InChI=1S/C18H26N6O/c1-13-9-16(21-20-13)14-5-3-7-23(11-14)17-6-4-8-24(18(17)25)15-10-19-22(2)12-15/h9-10,12,14,17H,3-8,11H2,1-2H3,(H,20,21)/t14-,17+/m0/s1. The van der Waals surface area contributed by atoms with Crippen molar-refractivity contribution in [3.8, 4) is 0 Å². The average Bonchev–Trinajstić information content (AvgIpc) is 3.24. The summed E-state index contributed by atoms with van der Waals surface area (Å²) in [6.07, 6.45) is 7.95. The van der Waals surface area contributed by atoms with Gasteiger partial charge in [-0.2, -0.15) is 10.2 Å². The topological polar surface area (TPSA) is 70.1 Å². The summed E-state index contributed by atoms with van der Waals surface area (Å²) >= 11 is 0. The second-order valence-electron chi connectivity index (χ2n) is 7.33. The molecular weight excluding hydrogens is 316 g/mol. The minimum Gasteiger partial charge on any atom is -0.308 e.